The average Bonchev–Trinajstić information content (AvgIpc) is 2.29. The topological polar surface area (TPSA) is 46.2 Å². The van der Waals surface area contributed by atoms with Gasteiger partial charge in [-0.25, -0.2) is 13.1 Å². The molecule has 0 aliphatic heterocycles. The van der Waals surface area contributed by atoms with Crippen molar-refractivity contribution in [2.75, 3.05) is 6.54 Å². The summed E-state index contributed by atoms with van der Waals surface area (Å²) < 4.78 is 27.0. The zero-order chi connectivity index (χ0) is 14.6. The second-order valence-corrected chi connectivity index (χ2v) is 8.39. The lowest BCUT2D eigenvalue weighted by Gasteiger charge is -2.14. The maximum atomic E-state index is 12.2. The molecular formula is C14H22BrNO2S. The summed E-state index contributed by atoms with van der Waals surface area (Å²) >= 11 is 3.50. The van der Waals surface area contributed by atoms with Crippen molar-refractivity contribution in [1.29, 1.82) is 0 Å². The van der Waals surface area contributed by atoms with Crippen LogP contribution in [0.2, 0.25) is 0 Å². The van der Waals surface area contributed by atoms with Crippen LogP contribution in [0.4, 0.5) is 0 Å². The molecule has 0 fully saturated rings. The smallest absolute Gasteiger partial charge is 0.210 e. The van der Waals surface area contributed by atoms with Gasteiger partial charge in [0.25, 0.3) is 0 Å². The zero-order valence-electron chi connectivity index (χ0n) is 11.9. The highest BCUT2D eigenvalue weighted by Gasteiger charge is 2.16. The van der Waals surface area contributed by atoms with Gasteiger partial charge in [0.15, 0.2) is 0 Å². The minimum Gasteiger partial charge on any atom is -0.210 e. The fraction of sp³-hybridized carbons (Fsp3) is 0.571. The molecule has 108 valence electrons. The molecule has 0 aliphatic carbocycles. The van der Waals surface area contributed by atoms with Gasteiger partial charge in [-0.15, -0.1) is 0 Å². The van der Waals surface area contributed by atoms with E-state index in [0.29, 0.717) is 17.4 Å². The Morgan fingerprint density at radius 1 is 1.21 bits per heavy atom. The third kappa shape index (κ3) is 5.24. The van der Waals surface area contributed by atoms with Gasteiger partial charge in [-0.2, -0.15) is 0 Å². The van der Waals surface area contributed by atoms with Gasteiger partial charge >= 0.3 is 0 Å². The Labute approximate surface area is 125 Å². The van der Waals surface area contributed by atoms with Crippen LogP contribution in [-0.4, -0.2) is 19.8 Å². The second kappa shape index (κ2) is 6.86. The highest BCUT2D eigenvalue weighted by Crippen LogP contribution is 2.16. The molecule has 1 N–H and O–H groups in total. The molecule has 1 unspecified atom stereocenters. The molecule has 0 spiro atoms. The van der Waals surface area contributed by atoms with Crippen molar-refractivity contribution in [2.45, 2.75) is 43.8 Å². The van der Waals surface area contributed by atoms with Crippen molar-refractivity contribution in [3.8, 4) is 0 Å². The number of alkyl halides is 1. The summed E-state index contributed by atoms with van der Waals surface area (Å²) in [6.45, 7) is 8.53. The first-order valence-corrected chi connectivity index (χ1v) is 8.83. The normalized spacial score (nSPS) is 13.8. The first kappa shape index (κ1) is 16.7. The van der Waals surface area contributed by atoms with Gasteiger partial charge < -0.3 is 0 Å². The average molecular weight is 348 g/mol. The van der Waals surface area contributed by atoms with Crippen LogP contribution in [0.3, 0.4) is 0 Å². The van der Waals surface area contributed by atoms with Crippen LogP contribution in [-0.2, 0) is 10.0 Å². The molecule has 0 aromatic heterocycles. The number of rotatable bonds is 6. The van der Waals surface area contributed by atoms with Gasteiger partial charge in [0.1, 0.15) is 0 Å². The fourth-order valence-corrected chi connectivity index (χ4v) is 4.05. The van der Waals surface area contributed by atoms with Crippen LogP contribution in [0.1, 0.15) is 31.4 Å². The lowest BCUT2D eigenvalue weighted by Crippen LogP contribution is -2.30. The van der Waals surface area contributed by atoms with E-state index >= 15 is 0 Å². The Hall–Kier alpha value is -0.390. The summed E-state index contributed by atoms with van der Waals surface area (Å²) in [5, 5.41) is 0. The molecule has 0 heterocycles. The van der Waals surface area contributed by atoms with E-state index in [4.69, 9.17) is 0 Å². The van der Waals surface area contributed by atoms with Gasteiger partial charge in [-0.1, -0.05) is 35.8 Å². The maximum absolute atomic E-state index is 12.2. The summed E-state index contributed by atoms with van der Waals surface area (Å²) in [5.41, 5.74) is 2.08. The van der Waals surface area contributed by atoms with E-state index in [1.807, 2.05) is 19.9 Å². The second-order valence-electron chi connectivity index (χ2n) is 5.32. The number of hydrogen-bond acceptors (Lipinski definition) is 2. The number of hydrogen-bond donors (Lipinski definition) is 1. The lowest BCUT2D eigenvalue weighted by molar-refractivity contribution is 0.551. The van der Waals surface area contributed by atoms with Crippen molar-refractivity contribution >= 4 is 26.0 Å². The van der Waals surface area contributed by atoms with Crippen LogP contribution in [0, 0.1) is 19.8 Å². The summed E-state index contributed by atoms with van der Waals surface area (Å²) in [6.07, 6.45) is 0.940. The molecular weight excluding hydrogens is 326 g/mol. The SMILES string of the molecule is Cc1ccc(S(=O)(=O)NCC(Br)CC(C)C)cc1C. The Kier molecular flexibility index (Phi) is 6.02. The van der Waals surface area contributed by atoms with Crippen LogP contribution < -0.4 is 4.72 Å². The van der Waals surface area contributed by atoms with Gasteiger partial charge in [0, 0.05) is 11.4 Å². The third-order valence-corrected chi connectivity index (χ3v) is 5.13. The van der Waals surface area contributed by atoms with E-state index in [2.05, 4.69) is 34.5 Å². The number of aryl methyl sites for hydroxylation is 2. The minimum absolute atomic E-state index is 0.161. The quantitative estimate of drug-likeness (QED) is 0.801. The molecule has 0 bridgehead atoms. The molecule has 5 heteroatoms. The molecule has 1 rings (SSSR count). The largest absolute Gasteiger partial charge is 0.240 e. The molecule has 0 radical (unpaired) electrons. The summed E-state index contributed by atoms with van der Waals surface area (Å²) in [4.78, 5) is 0.494. The Morgan fingerprint density at radius 3 is 2.37 bits per heavy atom. The number of benzene rings is 1. The minimum atomic E-state index is -3.41. The molecule has 1 aromatic carbocycles. The molecule has 0 saturated carbocycles. The lowest BCUT2D eigenvalue weighted by atomic mass is 10.1. The number of sulfonamides is 1. The third-order valence-electron chi connectivity index (χ3n) is 3.01. The highest BCUT2D eigenvalue weighted by atomic mass is 79.9. The van der Waals surface area contributed by atoms with Gasteiger partial charge in [0.05, 0.1) is 4.90 Å². The Balaban J connectivity index is 2.73. The van der Waals surface area contributed by atoms with Crippen LogP contribution in [0.25, 0.3) is 0 Å². The van der Waals surface area contributed by atoms with E-state index in [0.717, 1.165) is 17.5 Å². The van der Waals surface area contributed by atoms with Gasteiger partial charge in [-0.3, -0.25) is 0 Å². The molecule has 1 atom stereocenters. The van der Waals surface area contributed by atoms with Crippen molar-refractivity contribution in [2.24, 2.45) is 5.92 Å². The van der Waals surface area contributed by atoms with E-state index in [9.17, 15) is 8.42 Å². The predicted molar refractivity (Wildman–Crippen MR) is 83.3 cm³/mol. The molecule has 0 aliphatic rings. The Bertz CT molecular complexity index is 526. The monoisotopic (exact) mass is 347 g/mol. The van der Waals surface area contributed by atoms with Crippen molar-refractivity contribution in [1.82, 2.24) is 4.72 Å². The van der Waals surface area contributed by atoms with Crippen LogP contribution in [0.5, 0.6) is 0 Å². The van der Waals surface area contributed by atoms with Gasteiger partial charge in [-0.05, 0) is 49.4 Å². The summed E-state index contributed by atoms with van der Waals surface area (Å²) in [7, 11) is -3.41. The number of nitrogens with one attached hydrogen (secondary N) is 1. The highest BCUT2D eigenvalue weighted by molar-refractivity contribution is 9.09. The van der Waals surface area contributed by atoms with Crippen LogP contribution in [0.15, 0.2) is 23.1 Å². The maximum Gasteiger partial charge on any atom is 0.240 e. The van der Waals surface area contributed by atoms with Crippen molar-refractivity contribution < 1.29 is 8.42 Å². The molecule has 1 aromatic rings. The molecule has 19 heavy (non-hydrogen) atoms. The van der Waals surface area contributed by atoms with E-state index in [1.165, 1.54) is 0 Å². The van der Waals surface area contributed by atoms with E-state index < -0.39 is 10.0 Å². The summed E-state index contributed by atoms with van der Waals surface area (Å²) in [5.74, 6) is 0.537. The van der Waals surface area contributed by atoms with E-state index in [1.54, 1.807) is 12.1 Å². The standard InChI is InChI=1S/C14H22BrNO2S/c1-10(2)7-13(15)9-16-19(17,18)14-6-5-11(3)12(4)8-14/h5-6,8,10,13,16H,7,9H2,1-4H3. The predicted octanol–water partition coefficient (Wildman–Crippen LogP) is 3.39. The fourth-order valence-electron chi connectivity index (χ4n) is 1.76. The van der Waals surface area contributed by atoms with Gasteiger partial charge in [0.2, 0.25) is 10.0 Å². The molecule has 3 nitrogen and oxygen atoms in total. The molecule has 0 amide bonds. The molecule has 0 saturated heterocycles. The van der Waals surface area contributed by atoms with Crippen molar-refractivity contribution in [3.05, 3.63) is 29.3 Å². The number of halogens is 1. The Morgan fingerprint density at radius 2 is 1.84 bits per heavy atom. The van der Waals surface area contributed by atoms with E-state index in [-0.39, 0.29) is 4.83 Å². The first-order chi connectivity index (χ1) is 8.72. The van der Waals surface area contributed by atoms with Crippen LogP contribution >= 0.6 is 15.9 Å². The zero-order valence-corrected chi connectivity index (χ0v) is 14.3. The summed E-state index contributed by atoms with van der Waals surface area (Å²) in [6, 6.07) is 5.20. The van der Waals surface area contributed by atoms with Crippen molar-refractivity contribution in [3.63, 3.8) is 0 Å². The first-order valence-electron chi connectivity index (χ1n) is 6.43.